The van der Waals surface area contributed by atoms with Gasteiger partial charge in [-0.1, -0.05) is 23.2 Å². The van der Waals surface area contributed by atoms with E-state index >= 15 is 0 Å². The fourth-order valence-electron chi connectivity index (χ4n) is 4.31. The van der Waals surface area contributed by atoms with Gasteiger partial charge in [0.15, 0.2) is 5.69 Å². The number of benzene rings is 2. The van der Waals surface area contributed by atoms with Gasteiger partial charge in [-0.05, 0) is 62.2 Å². The van der Waals surface area contributed by atoms with E-state index in [0.29, 0.717) is 27.5 Å². The zero-order valence-electron chi connectivity index (χ0n) is 20.2. The molecule has 1 fully saturated rings. The summed E-state index contributed by atoms with van der Waals surface area (Å²) in [6, 6.07) is 10.7. The van der Waals surface area contributed by atoms with Crippen LogP contribution >= 0.6 is 23.2 Å². The number of nitrogens with one attached hydrogen (secondary N) is 1. The van der Waals surface area contributed by atoms with Crippen molar-refractivity contribution in [1.29, 1.82) is 0 Å². The first-order chi connectivity index (χ1) is 17.8. The van der Waals surface area contributed by atoms with Gasteiger partial charge in [0, 0.05) is 35.0 Å². The molecule has 1 amide bonds. The molecule has 0 radical (unpaired) electrons. The number of amides is 1. The maximum Gasteiger partial charge on any atom is 0.392 e. The van der Waals surface area contributed by atoms with Crippen LogP contribution in [-0.2, 0) is 0 Å². The maximum atomic E-state index is 13.5. The van der Waals surface area contributed by atoms with Gasteiger partial charge in [-0.2, -0.15) is 18.3 Å². The van der Waals surface area contributed by atoms with E-state index in [-0.39, 0.29) is 42.1 Å². The molecule has 0 aliphatic heterocycles. The van der Waals surface area contributed by atoms with E-state index in [0.717, 1.165) is 0 Å². The van der Waals surface area contributed by atoms with Crippen LogP contribution in [0.4, 0.5) is 22.0 Å². The minimum absolute atomic E-state index is 0.0915. The minimum atomic E-state index is -4.32. The molecule has 2 aromatic carbocycles. The molecule has 3 aromatic rings. The first kappa shape index (κ1) is 28.2. The van der Waals surface area contributed by atoms with E-state index in [2.05, 4.69) is 10.4 Å². The summed E-state index contributed by atoms with van der Waals surface area (Å²) in [6.07, 6.45) is -5.68. The average Bonchev–Trinajstić information content (AvgIpc) is 3.17. The second-order valence-electron chi connectivity index (χ2n) is 9.17. The van der Waals surface area contributed by atoms with Gasteiger partial charge >= 0.3 is 6.18 Å². The van der Waals surface area contributed by atoms with Crippen LogP contribution in [0.1, 0.15) is 48.2 Å². The van der Waals surface area contributed by atoms with E-state index < -0.39 is 37.1 Å². The highest BCUT2D eigenvalue weighted by Gasteiger charge is 2.36. The quantitative estimate of drug-likeness (QED) is 0.292. The Morgan fingerprint density at radius 2 is 1.79 bits per heavy atom. The molecule has 4 rings (SSSR count). The van der Waals surface area contributed by atoms with Crippen LogP contribution < -0.4 is 10.1 Å². The predicted octanol–water partition coefficient (Wildman–Crippen LogP) is 7.79. The lowest BCUT2D eigenvalue weighted by atomic mass is 9.92. The Morgan fingerprint density at radius 1 is 1.13 bits per heavy atom. The van der Waals surface area contributed by atoms with Crippen LogP contribution in [0, 0.1) is 6.92 Å². The van der Waals surface area contributed by atoms with Crippen molar-refractivity contribution in [3.63, 3.8) is 0 Å². The highest BCUT2D eigenvalue weighted by molar-refractivity contribution is 6.35. The summed E-state index contributed by atoms with van der Waals surface area (Å²) >= 11 is 12.5. The van der Waals surface area contributed by atoms with Crippen LogP contribution in [0.5, 0.6) is 5.75 Å². The molecular formula is C26H24Cl2F5N3O2. The third-order valence-corrected chi connectivity index (χ3v) is 6.85. The summed E-state index contributed by atoms with van der Waals surface area (Å²) in [7, 11) is 0. The second kappa shape index (κ2) is 11.1. The summed E-state index contributed by atoms with van der Waals surface area (Å²) < 4.78 is 71.0. The highest BCUT2D eigenvalue weighted by Crippen LogP contribution is 2.35. The Labute approximate surface area is 225 Å². The Kier molecular flexibility index (Phi) is 8.23. The van der Waals surface area contributed by atoms with Crippen molar-refractivity contribution in [3.05, 3.63) is 63.8 Å². The van der Waals surface area contributed by atoms with Crippen molar-refractivity contribution < 1.29 is 31.5 Å². The summed E-state index contributed by atoms with van der Waals surface area (Å²) in [5, 5.41) is 8.00. The van der Waals surface area contributed by atoms with Crippen LogP contribution in [0.25, 0.3) is 16.9 Å². The minimum Gasteiger partial charge on any atom is -0.493 e. The zero-order valence-corrected chi connectivity index (χ0v) is 21.7. The third kappa shape index (κ3) is 6.77. The molecule has 1 aromatic heterocycles. The van der Waals surface area contributed by atoms with Crippen molar-refractivity contribution in [1.82, 2.24) is 15.1 Å². The van der Waals surface area contributed by atoms with Crippen molar-refractivity contribution in [2.24, 2.45) is 0 Å². The molecule has 204 valence electrons. The number of ether oxygens (including phenoxy) is 1. The van der Waals surface area contributed by atoms with E-state index in [4.69, 9.17) is 27.9 Å². The standard InChI is InChI=1S/C26H24Cl2F5N3O2/c1-15-22(24(37)34-18-8-10-25(29,30)11-9-18)35-36(21-7-4-17(27)14-20(21)28)23(15)16-2-5-19(6-3-16)38-13-12-26(31,32)33/h2-7,14,18H,8-13H2,1H3,(H,34,37). The fraction of sp³-hybridized carbons (Fsp3) is 0.385. The van der Waals surface area contributed by atoms with E-state index in [9.17, 15) is 26.7 Å². The van der Waals surface area contributed by atoms with Gasteiger partial charge in [0.05, 0.1) is 29.4 Å². The molecular weight excluding hydrogens is 552 g/mol. The van der Waals surface area contributed by atoms with Crippen molar-refractivity contribution in [2.45, 2.75) is 57.2 Å². The number of aromatic nitrogens is 2. The lowest BCUT2D eigenvalue weighted by Gasteiger charge is -2.28. The van der Waals surface area contributed by atoms with E-state index in [1.54, 1.807) is 31.2 Å². The molecule has 1 N–H and O–H groups in total. The Morgan fingerprint density at radius 3 is 2.39 bits per heavy atom. The molecule has 12 heteroatoms. The molecule has 5 nitrogen and oxygen atoms in total. The fourth-order valence-corrected chi connectivity index (χ4v) is 4.80. The topological polar surface area (TPSA) is 56.2 Å². The van der Waals surface area contributed by atoms with Crippen molar-refractivity contribution in [2.75, 3.05) is 6.61 Å². The Bertz CT molecular complexity index is 1300. The molecule has 1 aliphatic rings. The molecule has 1 aliphatic carbocycles. The third-order valence-electron chi connectivity index (χ3n) is 6.31. The lowest BCUT2D eigenvalue weighted by molar-refractivity contribution is -0.139. The average molecular weight is 576 g/mol. The van der Waals surface area contributed by atoms with E-state index in [1.807, 2.05) is 0 Å². The Balaban J connectivity index is 1.65. The summed E-state index contributed by atoms with van der Waals surface area (Å²) in [5.74, 6) is -2.98. The number of hydrogen-bond donors (Lipinski definition) is 1. The normalized spacial score (nSPS) is 15.9. The molecule has 0 bridgehead atoms. The molecule has 0 unspecified atom stereocenters. The molecule has 0 spiro atoms. The van der Waals surface area contributed by atoms with E-state index in [1.165, 1.54) is 22.9 Å². The van der Waals surface area contributed by atoms with Crippen LogP contribution in [0.3, 0.4) is 0 Å². The number of carbonyl (C=O) groups excluding carboxylic acids is 1. The number of carbonyl (C=O) groups is 1. The number of alkyl halides is 5. The van der Waals surface area contributed by atoms with Crippen LogP contribution in [0.2, 0.25) is 10.0 Å². The number of hydrogen-bond acceptors (Lipinski definition) is 3. The van der Waals surface area contributed by atoms with Crippen molar-refractivity contribution in [3.8, 4) is 22.7 Å². The van der Waals surface area contributed by atoms with Gasteiger partial charge in [-0.25, -0.2) is 13.5 Å². The Hall–Kier alpha value is -2.85. The summed E-state index contributed by atoms with van der Waals surface area (Å²) in [6.45, 7) is 1.18. The lowest BCUT2D eigenvalue weighted by Crippen LogP contribution is -2.40. The van der Waals surface area contributed by atoms with Gasteiger partial charge < -0.3 is 10.1 Å². The molecule has 1 saturated carbocycles. The van der Waals surface area contributed by atoms with Gasteiger partial charge in [0.2, 0.25) is 5.92 Å². The number of halogens is 7. The second-order valence-corrected chi connectivity index (χ2v) is 10.0. The number of nitrogens with zero attached hydrogens (tertiary/aromatic N) is 2. The largest absolute Gasteiger partial charge is 0.493 e. The van der Waals surface area contributed by atoms with Gasteiger partial charge in [-0.3, -0.25) is 4.79 Å². The summed E-state index contributed by atoms with van der Waals surface area (Å²) in [5.41, 5.74) is 2.14. The molecule has 0 atom stereocenters. The van der Waals surface area contributed by atoms with Gasteiger partial charge in [0.1, 0.15) is 5.75 Å². The summed E-state index contributed by atoms with van der Waals surface area (Å²) in [4.78, 5) is 13.2. The zero-order chi connectivity index (χ0) is 27.7. The van der Waals surface area contributed by atoms with Gasteiger partial charge in [-0.15, -0.1) is 0 Å². The maximum absolute atomic E-state index is 13.5. The first-order valence-corrected chi connectivity index (χ1v) is 12.6. The van der Waals surface area contributed by atoms with Crippen molar-refractivity contribution >= 4 is 29.1 Å². The van der Waals surface area contributed by atoms with Crippen LogP contribution in [-0.4, -0.2) is 40.4 Å². The smallest absolute Gasteiger partial charge is 0.392 e. The van der Waals surface area contributed by atoms with Gasteiger partial charge in [0.25, 0.3) is 5.91 Å². The molecule has 1 heterocycles. The SMILES string of the molecule is Cc1c(C(=O)NC2CCC(F)(F)CC2)nn(-c2ccc(Cl)cc2Cl)c1-c1ccc(OCCC(F)(F)F)cc1. The molecule has 0 saturated heterocycles. The monoisotopic (exact) mass is 575 g/mol. The highest BCUT2D eigenvalue weighted by atomic mass is 35.5. The first-order valence-electron chi connectivity index (χ1n) is 11.9. The van der Waals surface area contributed by atoms with Crippen LogP contribution in [0.15, 0.2) is 42.5 Å². The number of rotatable bonds is 7. The molecule has 38 heavy (non-hydrogen) atoms. The predicted molar refractivity (Wildman–Crippen MR) is 135 cm³/mol.